The third-order valence-corrected chi connectivity index (χ3v) is 4.66. The summed E-state index contributed by atoms with van der Waals surface area (Å²) in [5.74, 6) is -2.78. The van der Waals surface area contributed by atoms with Crippen LogP contribution in [0.3, 0.4) is 0 Å². The lowest BCUT2D eigenvalue weighted by Crippen LogP contribution is -2.59. The SMILES string of the molecule is CC1(C(N)=O)NC=NC1C(=O)Nc1ccc(NC(=O)c2ccccc2OC(F)(F)F)cc1. The van der Waals surface area contributed by atoms with Crippen LogP contribution < -0.4 is 26.4 Å². The summed E-state index contributed by atoms with van der Waals surface area (Å²) in [5, 5.41) is 7.70. The fraction of sp³-hybridized carbons (Fsp3) is 0.200. The normalized spacial score (nSPS) is 19.7. The van der Waals surface area contributed by atoms with E-state index in [4.69, 9.17) is 5.73 Å². The van der Waals surface area contributed by atoms with E-state index in [9.17, 15) is 27.6 Å². The monoisotopic (exact) mass is 449 g/mol. The van der Waals surface area contributed by atoms with E-state index in [1.165, 1.54) is 55.7 Å². The summed E-state index contributed by atoms with van der Waals surface area (Å²) >= 11 is 0. The van der Waals surface area contributed by atoms with Crippen LogP contribution in [-0.2, 0) is 9.59 Å². The molecule has 1 aliphatic heterocycles. The number of anilines is 2. The number of nitrogens with one attached hydrogen (secondary N) is 3. The van der Waals surface area contributed by atoms with E-state index in [2.05, 4.69) is 25.7 Å². The van der Waals surface area contributed by atoms with Crippen molar-refractivity contribution in [3.63, 3.8) is 0 Å². The Morgan fingerprint density at radius 1 is 1.06 bits per heavy atom. The Balaban J connectivity index is 1.67. The molecule has 0 aromatic heterocycles. The fourth-order valence-corrected chi connectivity index (χ4v) is 2.92. The van der Waals surface area contributed by atoms with Crippen molar-refractivity contribution in [2.24, 2.45) is 10.7 Å². The zero-order valence-electron chi connectivity index (χ0n) is 16.6. The Labute approximate surface area is 179 Å². The van der Waals surface area contributed by atoms with Crippen LogP contribution in [0.4, 0.5) is 24.5 Å². The third-order valence-electron chi connectivity index (χ3n) is 4.66. The Hall–Kier alpha value is -4.09. The second kappa shape index (κ2) is 8.57. The van der Waals surface area contributed by atoms with Crippen LogP contribution in [0.2, 0.25) is 0 Å². The molecule has 5 N–H and O–H groups in total. The lowest BCUT2D eigenvalue weighted by molar-refractivity contribution is -0.274. The Bertz CT molecular complexity index is 1070. The Morgan fingerprint density at radius 3 is 2.25 bits per heavy atom. The van der Waals surface area contributed by atoms with E-state index in [0.717, 1.165) is 6.07 Å². The second-order valence-electron chi connectivity index (χ2n) is 6.96. The fourth-order valence-electron chi connectivity index (χ4n) is 2.92. The number of nitrogens with zero attached hydrogens (tertiary/aromatic N) is 1. The summed E-state index contributed by atoms with van der Waals surface area (Å²) in [4.78, 5) is 40.5. The Kier molecular flexibility index (Phi) is 6.05. The van der Waals surface area contributed by atoms with Crippen LogP contribution in [0.1, 0.15) is 17.3 Å². The number of hydrogen-bond acceptors (Lipinski definition) is 6. The summed E-state index contributed by atoms with van der Waals surface area (Å²) in [5.41, 5.74) is 4.26. The molecule has 0 bridgehead atoms. The van der Waals surface area contributed by atoms with Crippen molar-refractivity contribution in [1.29, 1.82) is 0 Å². The van der Waals surface area contributed by atoms with Crippen LogP contribution in [-0.4, -0.2) is 42.0 Å². The minimum absolute atomic E-state index is 0.261. The Morgan fingerprint density at radius 2 is 1.66 bits per heavy atom. The second-order valence-corrected chi connectivity index (χ2v) is 6.96. The van der Waals surface area contributed by atoms with Crippen molar-refractivity contribution in [1.82, 2.24) is 5.32 Å². The maximum absolute atomic E-state index is 12.5. The molecule has 2 atom stereocenters. The van der Waals surface area contributed by atoms with Gasteiger partial charge in [-0.05, 0) is 43.3 Å². The van der Waals surface area contributed by atoms with Crippen LogP contribution >= 0.6 is 0 Å². The van der Waals surface area contributed by atoms with Gasteiger partial charge in [-0.25, -0.2) is 0 Å². The summed E-state index contributed by atoms with van der Waals surface area (Å²) < 4.78 is 41.5. The molecule has 3 rings (SSSR count). The number of carbonyl (C=O) groups is 3. The predicted molar refractivity (Wildman–Crippen MR) is 109 cm³/mol. The average molecular weight is 449 g/mol. The van der Waals surface area contributed by atoms with Crippen molar-refractivity contribution in [3.8, 4) is 5.75 Å². The molecular formula is C20H18F3N5O4. The third kappa shape index (κ3) is 4.96. The molecule has 2 unspecified atom stereocenters. The molecule has 0 spiro atoms. The highest BCUT2D eigenvalue weighted by atomic mass is 19.4. The van der Waals surface area contributed by atoms with Gasteiger partial charge in [-0.3, -0.25) is 19.4 Å². The number of halogens is 3. The molecule has 2 aromatic carbocycles. The smallest absolute Gasteiger partial charge is 0.405 e. The molecule has 1 heterocycles. The molecule has 1 aliphatic rings. The molecule has 3 amide bonds. The first kappa shape index (κ1) is 22.6. The van der Waals surface area contributed by atoms with Crippen LogP contribution in [0.5, 0.6) is 5.75 Å². The number of primary amides is 1. The molecule has 0 saturated carbocycles. The van der Waals surface area contributed by atoms with Gasteiger partial charge in [0.2, 0.25) is 5.91 Å². The number of hydrogen-bond donors (Lipinski definition) is 4. The quantitative estimate of drug-likeness (QED) is 0.535. The van der Waals surface area contributed by atoms with Crippen LogP contribution in [0, 0.1) is 0 Å². The van der Waals surface area contributed by atoms with Crippen molar-refractivity contribution < 1.29 is 32.3 Å². The standard InChI is InChI=1S/C20H18F3N5O4/c1-19(18(24)31)15(25-10-26-19)17(30)28-12-8-6-11(7-9-12)27-16(29)13-4-2-3-5-14(13)32-20(21,22)23/h2-10,15H,1H3,(H2,24,31)(H,25,26)(H,27,29)(H,28,30). The van der Waals surface area contributed by atoms with Gasteiger partial charge >= 0.3 is 6.36 Å². The predicted octanol–water partition coefficient (Wildman–Crippen LogP) is 2.02. The van der Waals surface area contributed by atoms with Crippen molar-refractivity contribution in [2.75, 3.05) is 10.6 Å². The summed E-state index contributed by atoms with van der Waals surface area (Å²) in [6.45, 7) is 1.45. The van der Waals surface area contributed by atoms with E-state index in [1.54, 1.807) is 0 Å². The lowest BCUT2D eigenvalue weighted by atomic mass is 9.92. The van der Waals surface area contributed by atoms with Gasteiger partial charge in [-0.15, -0.1) is 13.2 Å². The van der Waals surface area contributed by atoms with Gasteiger partial charge in [-0.2, -0.15) is 0 Å². The first-order valence-electron chi connectivity index (χ1n) is 9.16. The number of amides is 3. The van der Waals surface area contributed by atoms with Gasteiger partial charge in [0.05, 0.1) is 11.9 Å². The number of carbonyl (C=O) groups excluding carboxylic acids is 3. The summed E-state index contributed by atoms with van der Waals surface area (Å²) in [7, 11) is 0. The minimum atomic E-state index is -4.94. The van der Waals surface area contributed by atoms with Gasteiger partial charge in [0.25, 0.3) is 11.8 Å². The number of ether oxygens (including phenoxy) is 1. The summed E-state index contributed by atoms with van der Waals surface area (Å²) in [6.07, 6.45) is -3.71. The number of benzene rings is 2. The molecule has 12 heteroatoms. The zero-order valence-corrected chi connectivity index (χ0v) is 16.6. The molecule has 2 aromatic rings. The number of nitrogens with two attached hydrogens (primary N) is 1. The maximum Gasteiger partial charge on any atom is 0.573 e. The number of para-hydroxylation sites is 1. The first-order valence-corrected chi connectivity index (χ1v) is 9.16. The lowest BCUT2D eigenvalue weighted by Gasteiger charge is -2.26. The van der Waals surface area contributed by atoms with Crippen LogP contribution in [0.15, 0.2) is 53.5 Å². The summed E-state index contributed by atoms with van der Waals surface area (Å²) in [6, 6.07) is 9.63. The van der Waals surface area contributed by atoms with Gasteiger partial charge in [-0.1, -0.05) is 12.1 Å². The number of alkyl halides is 3. The average Bonchev–Trinajstić information content (AvgIpc) is 3.12. The minimum Gasteiger partial charge on any atom is -0.405 e. The van der Waals surface area contributed by atoms with Crippen molar-refractivity contribution in [3.05, 3.63) is 54.1 Å². The van der Waals surface area contributed by atoms with E-state index >= 15 is 0 Å². The highest BCUT2D eigenvalue weighted by Crippen LogP contribution is 2.27. The molecule has 0 fully saturated rings. The van der Waals surface area contributed by atoms with Gasteiger partial charge in [0.1, 0.15) is 11.3 Å². The van der Waals surface area contributed by atoms with E-state index in [1.807, 2.05) is 0 Å². The number of rotatable bonds is 6. The van der Waals surface area contributed by atoms with E-state index < -0.39 is 41.4 Å². The van der Waals surface area contributed by atoms with Crippen molar-refractivity contribution in [2.45, 2.75) is 24.9 Å². The van der Waals surface area contributed by atoms with E-state index in [0.29, 0.717) is 5.69 Å². The van der Waals surface area contributed by atoms with Crippen molar-refractivity contribution >= 4 is 35.4 Å². The zero-order chi connectivity index (χ0) is 23.5. The number of aliphatic imine (C=N–C) groups is 1. The highest BCUT2D eigenvalue weighted by molar-refractivity contribution is 6.07. The molecule has 168 valence electrons. The van der Waals surface area contributed by atoms with E-state index in [-0.39, 0.29) is 11.3 Å². The topological polar surface area (TPSA) is 135 Å². The first-order chi connectivity index (χ1) is 15.0. The van der Waals surface area contributed by atoms with Gasteiger partial charge in [0, 0.05) is 11.4 Å². The molecule has 0 aliphatic carbocycles. The van der Waals surface area contributed by atoms with Gasteiger partial charge < -0.3 is 26.4 Å². The highest BCUT2D eigenvalue weighted by Gasteiger charge is 2.46. The molecule has 0 radical (unpaired) electrons. The van der Waals surface area contributed by atoms with Gasteiger partial charge in [0.15, 0.2) is 6.04 Å². The largest absolute Gasteiger partial charge is 0.573 e. The van der Waals surface area contributed by atoms with Crippen LogP contribution in [0.25, 0.3) is 0 Å². The molecule has 9 nitrogen and oxygen atoms in total. The molecule has 32 heavy (non-hydrogen) atoms. The maximum atomic E-state index is 12.5. The molecular weight excluding hydrogens is 431 g/mol. The molecule has 0 saturated heterocycles.